The first kappa shape index (κ1) is 12.8. The van der Waals surface area contributed by atoms with E-state index in [9.17, 15) is 4.79 Å². The molecule has 0 heterocycles. The largest absolute Gasteiger partial charge is 0.326 e. The zero-order valence-electron chi connectivity index (χ0n) is 10.1. The van der Waals surface area contributed by atoms with Crippen LogP contribution >= 0.6 is 15.9 Å². The van der Waals surface area contributed by atoms with E-state index in [4.69, 9.17) is 0 Å². The van der Waals surface area contributed by atoms with Gasteiger partial charge in [-0.3, -0.25) is 4.79 Å². The van der Waals surface area contributed by atoms with Crippen LogP contribution in [0.1, 0.15) is 18.4 Å². The number of hydrogen-bond acceptors (Lipinski definition) is 1. The SMILES string of the molecule is C[C@H](C(=O)Nc1cccc(Br)c1)c1ccccc1. The summed E-state index contributed by atoms with van der Waals surface area (Å²) in [5.74, 6) is -0.163. The molecule has 0 aliphatic carbocycles. The normalized spacial score (nSPS) is 11.9. The molecule has 0 fully saturated rings. The lowest BCUT2D eigenvalue weighted by atomic mass is 10.0. The molecule has 0 saturated heterocycles. The van der Waals surface area contributed by atoms with Crippen LogP contribution in [0.5, 0.6) is 0 Å². The van der Waals surface area contributed by atoms with E-state index in [-0.39, 0.29) is 11.8 Å². The molecular weight excluding hydrogens is 290 g/mol. The fraction of sp³-hybridized carbons (Fsp3) is 0.133. The molecular formula is C15H14BrNO. The Morgan fingerprint density at radius 1 is 1.11 bits per heavy atom. The van der Waals surface area contributed by atoms with E-state index in [0.717, 1.165) is 15.7 Å². The van der Waals surface area contributed by atoms with E-state index >= 15 is 0 Å². The van der Waals surface area contributed by atoms with Gasteiger partial charge in [-0.1, -0.05) is 52.3 Å². The van der Waals surface area contributed by atoms with Gasteiger partial charge in [0, 0.05) is 10.2 Å². The molecule has 2 aromatic carbocycles. The van der Waals surface area contributed by atoms with E-state index in [2.05, 4.69) is 21.2 Å². The third-order valence-electron chi connectivity index (χ3n) is 2.79. The van der Waals surface area contributed by atoms with Gasteiger partial charge < -0.3 is 5.32 Å². The van der Waals surface area contributed by atoms with Gasteiger partial charge in [-0.15, -0.1) is 0 Å². The van der Waals surface area contributed by atoms with Crippen LogP contribution in [-0.2, 0) is 4.79 Å². The van der Waals surface area contributed by atoms with Crippen LogP contribution in [0, 0.1) is 0 Å². The van der Waals surface area contributed by atoms with Crippen LogP contribution in [0.2, 0.25) is 0 Å². The highest BCUT2D eigenvalue weighted by Gasteiger charge is 2.14. The molecule has 18 heavy (non-hydrogen) atoms. The molecule has 0 unspecified atom stereocenters. The van der Waals surface area contributed by atoms with Gasteiger partial charge in [0.05, 0.1) is 5.92 Å². The molecule has 0 aliphatic rings. The highest BCUT2D eigenvalue weighted by molar-refractivity contribution is 9.10. The smallest absolute Gasteiger partial charge is 0.231 e. The molecule has 0 aliphatic heterocycles. The lowest BCUT2D eigenvalue weighted by molar-refractivity contribution is -0.117. The van der Waals surface area contributed by atoms with Crippen LogP contribution < -0.4 is 5.32 Å². The van der Waals surface area contributed by atoms with Gasteiger partial charge >= 0.3 is 0 Å². The van der Waals surface area contributed by atoms with Crippen molar-refractivity contribution in [3.05, 3.63) is 64.6 Å². The minimum absolute atomic E-state index is 0.000648. The summed E-state index contributed by atoms with van der Waals surface area (Å²) in [6.45, 7) is 1.91. The quantitative estimate of drug-likeness (QED) is 0.905. The second-order valence-electron chi connectivity index (χ2n) is 4.13. The van der Waals surface area contributed by atoms with Crippen molar-refractivity contribution >= 4 is 27.5 Å². The van der Waals surface area contributed by atoms with Crippen molar-refractivity contribution in [3.63, 3.8) is 0 Å². The fourth-order valence-electron chi connectivity index (χ4n) is 1.71. The molecule has 0 radical (unpaired) electrons. The van der Waals surface area contributed by atoms with Gasteiger partial charge in [-0.2, -0.15) is 0 Å². The molecule has 2 nitrogen and oxygen atoms in total. The zero-order valence-corrected chi connectivity index (χ0v) is 11.6. The van der Waals surface area contributed by atoms with Gasteiger partial charge in [0.25, 0.3) is 0 Å². The zero-order chi connectivity index (χ0) is 13.0. The first-order valence-electron chi connectivity index (χ1n) is 5.78. The molecule has 1 N–H and O–H groups in total. The topological polar surface area (TPSA) is 29.1 Å². The lowest BCUT2D eigenvalue weighted by Gasteiger charge is -2.12. The number of amides is 1. The Kier molecular flexibility index (Phi) is 4.15. The highest BCUT2D eigenvalue weighted by atomic mass is 79.9. The van der Waals surface area contributed by atoms with E-state index < -0.39 is 0 Å². The number of carbonyl (C=O) groups is 1. The van der Waals surface area contributed by atoms with Crippen LogP contribution in [0.4, 0.5) is 5.69 Å². The summed E-state index contributed by atoms with van der Waals surface area (Å²) in [4.78, 5) is 12.1. The van der Waals surface area contributed by atoms with Gasteiger partial charge in [-0.05, 0) is 30.7 Å². The third kappa shape index (κ3) is 3.20. The Morgan fingerprint density at radius 2 is 1.83 bits per heavy atom. The predicted molar refractivity (Wildman–Crippen MR) is 77.6 cm³/mol. The second kappa shape index (κ2) is 5.83. The number of halogens is 1. The Labute approximate surface area is 115 Å². The van der Waals surface area contributed by atoms with Crippen molar-refractivity contribution in [3.8, 4) is 0 Å². The standard InChI is InChI=1S/C15H14BrNO/c1-11(12-6-3-2-4-7-12)15(18)17-14-9-5-8-13(16)10-14/h2-11H,1H3,(H,17,18)/t11-/m0/s1. The van der Waals surface area contributed by atoms with Gasteiger partial charge in [0.15, 0.2) is 0 Å². The summed E-state index contributed by atoms with van der Waals surface area (Å²) in [5, 5.41) is 2.91. The maximum atomic E-state index is 12.1. The average Bonchev–Trinajstić information content (AvgIpc) is 2.39. The Bertz CT molecular complexity index is 539. The summed E-state index contributed by atoms with van der Waals surface area (Å²) < 4.78 is 0.952. The maximum absolute atomic E-state index is 12.1. The Morgan fingerprint density at radius 3 is 2.50 bits per heavy atom. The molecule has 3 heteroatoms. The molecule has 1 atom stereocenters. The summed E-state index contributed by atoms with van der Waals surface area (Å²) in [6.07, 6.45) is 0. The third-order valence-corrected chi connectivity index (χ3v) is 3.28. The van der Waals surface area contributed by atoms with Crippen molar-refractivity contribution in [2.24, 2.45) is 0 Å². The van der Waals surface area contributed by atoms with Gasteiger partial charge in [0.1, 0.15) is 0 Å². The van der Waals surface area contributed by atoms with Crippen molar-refractivity contribution < 1.29 is 4.79 Å². The molecule has 1 amide bonds. The van der Waals surface area contributed by atoms with E-state index in [1.54, 1.807) is 0 Å². The number of anilines is 1. The van der Waals surface area contributed by atoms with Crippen LogP contribution in [0.3, 0.4) is 0 Å². The highest BCUT2D eigenvalue weighted by Crippen LogP contribution is 2.19. The molecule has 2 rings (SSSR count). The Hall–Kier alpha value is -1.61. The van der Waals surface area contributed by atoms with Crippen LogP contribution in [0.15, 0.2) is 59.1 Å². The van der Waals surface area contributed by atoms with Crippen molar-refractivity contribution in [1.82, 2.24) is 0 Å². The number of benzene rings is 2. The Balaban J connectivity index is 2.09. The number of nitrogens with one attached hydrogen (secondary N) is 1. The summed E-state index contributed by atoms with van der Waals surface area (Å²) in [6, 6.07) is 17.3. The van der Waals surface area contributed by atoms with E-state index in [1.807, 2.05) is 61.5 Å². The maximum Gasteiger partial charge on any atom is 0.231 e. The minimum Gasteiger partial charge on any atom is -0.326 e. The second-order valence-corrected chi connectivity index (χ2v) is 5.05. The molecule has 92 valence electrons. The monoisotopic (exact) mass is 303 g/mol. The predicted octanol–water partition coefficient (Wildman–Crippen LogP) is 4.19. The molecule has 0 aromatic heterocycles. The van der Waals surface area contributed by atoms with Gasteiger partial charge in [0.2, 0.25) is 5.91 Å². The van der Waals surface area contributed by atoms with E-state index in [1.165, 1.54) is 0 Å². The fourth-order valence-corrected chi connectivity index (χ4v) is 2.11. The summed E-state index contributed by atoms with van der Waals surface area (Å²) in [7, 11) is 0. The molecule has 0 bridgehead atoms. The lowest BCUT2D eigenvalue weighted by Crippen LogP contribution is -2.18. The van der Waals surface area contributed by atoms with Crippen molar-refractivity contribution in [2.45, 2.75) is 12.8 Å². The number of carbonyl (C=O) groups excluding carboxylic acids is 1. The van der Waals surface area contributed by atoms with Crippen molar-refractivity contribution in [1.29, 1.82) is 0 Å². The van der Waals surface area contributed by atoms with E-state index in [0.29, 0.717) is 0 Å². The van der Waals surface area contributed by atoms with Crippen LogP contribution in [0.25, 0.3) is 0 Å². The molecule has 2 aromatic rings. The first-order valence-corrected chi connectivity index (χ1v) is 6.57. The summed E-state index contributed by atoms with van der Waals surface area (Å²) in [5.41, 5.74) is 1.82. The first-order chi connectivity index (χ1) is 8.66. The average molecular weight is 304 g/mol. The minimum atomic E-state index is -0.162. The van der Waals surface area contributed by atoms with Crippen LogP contribution in [-0.4, -0.2) is 5.91 Å². The molecule has 0 saturated carbocycles. The number of hydrogen-bond donors (Lipinski definition) is 1. The molecule has 0 spiro atoms. The van der Waals surface area contributed by atoms with Crippen molar-refractivity contribution in [2.75, 3.05) is 5.32 Å². The summed E-state index contributed by atoms with van der Waals surface area (Å²) >= 11 is 3.38. The van der Waals surface area contributed by atoms with Gasteiger partial charge in [-0.25, -0.2) is 0 Å². The number of rotatable bonds is 3.